The van der Waals surface area contributed by atoms with Crippen LogP contribution in [0.15, 0.2) is 42.5 Å². The smallest absolute Gasteiger partial charge is 0.185 e. The number of ether oxygens (including phenoxy) is 1. The van der Waals surface area contributed by atoms with E-state index < -0.39 is 0 Å². The van der Waals surface area contributed by atoms with Gasteiger partial charge < -0.3 is 9.84 Å². The maximum absolute atomic E-state index is 12.2. The zero-order chi connectivity index (χ0) is 16.8. The van der Waals surface area contributed by atoms with Crippen molar-refractivity contribution in [3.05, 3.63) is 64.7 Å². The summed E-state index contributed by atoms with van der Waals surface area (Å²) < 4.78 is 5.50. The number of phenols is 1. The van der Waals surface area contributed by atoms with Crippen LogP contribution in [0.3, 0.4) is 0 Å². The maximum Gasteiger partial charge on any atom is 0.185 e. The van der Waals surface area contributed by atoms with Crippen molar-refractivity contribution >= 4 is 11.9 Å². The second-order valence-corrected chi connectivity index (χ2v) is 5.57. The first-order valence-corrected chi connectivity index (χ1v) is 7.76. The molecule has 0 heterocycles. The predicted molar refractivity (Wildman–Crippen MR) is 93.2 cm³/mol. The minimum absolute atomic E-state index is 0.0598. The third kappa shape index (κ3) is 4.46. The predicted octanol–water partition coefficient (Wildman–Crippen LogP) is 4.69. The molecule has 2 rings (SSSR count). The second-order valence-electron chi connectivity index (χ2n) is 5.57. The Morgan fingerprint density at radius 3 is 2.30 bits per heavy atom. The van der Waals surface area contributed by atoms with E-state index in [-0.39, 0.29) is 5.78 Å². The van der Waals surface area contributed by atoms with Crippen molar-refractivity contribution < 1.29 is 14.6 Å². The molecule has 23 heavy (non-hydrogen) atoms. The fraction of sp³-hybridized carbons (Fsp3) is 0.250. The summed E-state index contributed by atoms with van der Waals surface area (Å²) in [6.45, 7) is 6.41. The van der Waals surface area contributed by atoms with Gasteiger partial charge in [-0.3, -0.25) is 4.79 Å². The van der Waals surface area contributed by atoms with E-state index in [1.165, 1.54) is 0 Å². The average molecular weight is 310 g/mol. The molecule has 0 bridgehead atoms. The molecule has 0 aliphatic rings. The van der Waals surface area contributed by atoms with Crippen LogP contribution in [0.25, 0.3) is 6.08 Å². The fourth-order valence-electron chi connectivity index (χ4n) is 2.29. The minimum Gasteiger partial charge on any atom is -0.507 e. The van der Waals surface area contributed by atoms with Crippen LogP contribution in [0.2, 0.25) is 0 Å². The first kappa shape index (κ1) is 16.8. The van der Waals surface area contributed by atoms with Crippen LogP contribution >= 0.6 is 0 Å². The van der Waals surface area contributed by atoms with Crippen LogP contribution < -0.4 is 4.74 Å². The Bertz CT molecular complexity index is 689. The van der Waals surface area contributed by atoms with Crippen LogP contribution in [0.1, 0.15) is 40.4 Å². The number of aromatic hydroxyl groups is 1. The normalized spacial score (nSPS) is 10.9. The number of allylic oxidation sites excluding steroid dienone is 1. The van der Waals surface area contributed by atoms with Crippen molar-refractivity contribution in [1.29, 1.82) is 0 Å². The van der Waals surface area contributed by atoms with Crippen LogP contribution in [-0.4, -0.2) is 17.5 Å². The van der Waals surface area contributed by atoms with Gasteiger partial charge in [-0.2, -0.15) is 0 Å². The lowest BCUT2D eigenvalue weighted by Crippen LogP contribution is -1.97. The Kier molecular flexibility index (Phi) is 5.58. The highest BCUT2D eigenvalue weighted by molar-refractivity contribution is 6.06. The SMILES string of the molecule is CCCOc1ccc(C(=O)/C=C/c2cc(C)c(O)c(C)c2)cc1. The lowest BCUT2D eigenvalue weighted by Gasteiger charge is -2.05. The van der Waals surface area contributed by atoms with E-state index in [4.69, 9.17) is 4.74 Å². The summed E-state index contributed by atoms with van der Waals surface area (Å²) in [5.74, 6) is 1.02. The minimum atomic E-state index is -0.0598. The number of benzene rings is 2. The molecule has 0 radical (unpaired) electrons. The highest BCUT2D eigenvalue weighted by atomic mass is 16.5. The van der Waals surface area contributed by atoms with Crippen molar-refractivity contribution in [1.82, 2.24) is 0 Å². The number of ketones is 1. The van der Waals surface area contributed by atoms with Crippen LogP contribution in [0, 0.1) is 13.8 Å². The largest absolute Gasteiger partial charge is 0.507 e. The van der Waals surface area contributed by atoms with Gasteiger partial charge in [0.1, 0.15) is 11.5 Å². The third-order valence-corrected chi connectivity index (χ3v) is 3.55. The fourth-order valence-corrected chi connectivity index (χ4v) is 2.29. The molecule has 0 fully saturated rings. The summed E-state index contributed by atoms with van der Waals surface area (Å²) in [7, 11) is 0. The van der Waals surface area contributed by atoms with Gasteiger partial charge in [0, 0.05) is 5.56 Å². The molecular weight excluding hydrogens is 288 g/mol. The lowest BCUT2D eigenvalue weighted by atomic mass is 10.0. The van der Waals surface area contributed by atoms with Gasteiger partial charge in [-0.1, -0.05) is 13.0 Å². The van der Waals surface area contributed by atoms with Crippen LogP contribution in [0.5, 0.6) is 11.5 Å². The zero-order valence-corrected chi connectivity index (χ0v) is 13.8. The molecule has 0 atom stereocenters. The van der Waals surface area contributed by atoms with E-state index in [0.29, 0.717) is 17.9 Å². The summed E-state index contributed by atoms with van der Waals surface area (Å²) in [6, 6.07) is 10.9. The summed E-state index contributed by atoms with van der Waals surface area (Å²) in [5, 5.41) is 9.77. The number of carbonyl (C=O) groups is 1. The number of hydrogen-bond donors (Lipinski definition) is 1. The maximum atomic E-state index is 12.2. The summed E-state index contributed by atoms with van der Waals surface area (Å²) >= 11 is 0. The van der Waals surface area contributed by atoms with Crippen LogP contribution in [-0.2, 0) is 0 Å². The number of carbonyl (C=O) groups excluding carboxylic acids is 1. The number of phenolic OH excluding ortho intramolecular Hbond substituents is 1. The van der Waals surface area contributed by atoms with E-state index >= 15 is 0 Å². The summed E-state index contributed by atoms with van der Waals surface area (Å²) in [5.41, 5.74) is 3.12. The lowest BCUT2D eigenvalue weighted by molar-refractivity contribution is 0.104. The Labute approximate surface area is 137 Å². The van der Waals surface area contributed by atoms with Gasteiger partial charge in [-0.05, 0) is 79.4 Å². The van der Waals surface area contributed by atoms with Crippen molar-refractivity contribution in [2.24, 2.45) is 0 Å². The van der Waals surface area contributed by atoms with E-state index in [1.807, 2.05) is 38.1 Å². The van der Waals surface area contributed by atoms with Gasteiger partial charge in [0.2, 0.25) is 0 Å². The zero-order valence-electron chi connectivity index (χ0n) is 13.8. The van der Waals surface area contributed by atoms with Gasteiger partial charge in [0.25, 0.3) is 0 Å². The van der Waals surface area contributed by atoms with E-state index in [0.717, 1.165) is 28.9 Å². The molecule has 2 aromatic carbocycles. The summed E-state index contributed by atoms with van der Waals surface area (Å²) in [6.07, 6.45) is 4.27. The first-order valence-electron chi connectivity index (χ1n) is 7.76. The van der Waals surface area contributed by atoms with E-state index in [1.54, 1.807) is 24.3 Å². The quantitative estimate of drug-likeness (QED) is 0.621. The van der Waals surface area contributed by atoms with Crippen LogP contribution in [0.4, 0.5) is 0 Å². The third-order valence-electron chi connectivity index (χ3n) is 3.55. The molecule has 0 saturated carbocycles. The molecule has 3 heteroatoms. The molecule has 2 aromatic rings. The highest BCUT2D eigenvalue weighted by Crippen LogP contribution is 2.23. The Morgan fingerprint density at radius 1 is 1.13 bits per heavy atom. The number of aryl methyl sites for hydroxylation is 2. The topological polar surface area (TPSA) is 46.5 Å². The Morgan fingerprint density at radius 2 is 1.74 bits per heavy atom. The van der Waals surface area contributed by atoms with Gasteiger partial charge >= 0.3 is 0 Å². The Balaban J connectivity index is 2.09. The van der Waals surface area contributed by atoms with Gasteiger partial charge in [0.15, 0.2) is 5.78 Å². The molecule has 3 nitrogen and oxygen atoms in total. The molecule has 0 aliphatic carbocycles. The molecule has 0 amide bonds. The monoisotopic (exact) mass is 310 g/mol. The number of hydrogen-bond acceptors (Lipinski definition) is 3. The van der Waals surface area contributed by atoms with E-state index in [2.05, 4.69) is 6.92 Å². The molecule has 0 spiro atoms. The number of rotatable bonds is 6. The van der Waals surface area contributed by atoms with Gasteiger partial charge in [-0.25, -0.2) is 0 Å². The van der Waals surface area contributed by atoms with Crippen molar-refractivity contribution in [3.8, 4) is 11.5 Å². The molecule has 1 N–H and O–H groups in total. The molecule has 0 aromatic heterocycles. The van der Waals surface area contributed by atoms with E-state index in [9.17, 15) is 9.90 Å². The molecule has 0 saturated heterocycles. The van der Waals surface area contributed by atoms with Gasteiger partial charge in [-0.15, -0.1) is 0 Å². The first-order chi connectivity index (χ1) is 11.0. The standard InChI is InChI=1S/C20H22O3/c1-4-11-23-18-8-6-17(7-9-18)19(21)10-5-16-12-14(2)20(22)15(3)13-16/h5-10,12-13,22H,4,11H2,1-3H3/b10-5+. The van der Waals surface area contributed by atoms with Crippen molar-refractivity contribution in [3.63, 3.8) is 0 Å². The van der Waals surface area contributed by atoms with Gasteiger partial charge in [0.05, 0.1) is 6.61 Å². The molecular formula is C20H22O3. The Hall–Kier alpha value is -2.55. The van der Waals surface area contributed by atoms with Crippen molar-refractivity contribution in [2.75, 3.05) is 6.61 Å². The highest BCUT2D eigenvalue weighted by Gasteiger charge is 2.04. The molecule has 0 aliphatic heterocycles. The summed E-state index contributed by atoms with van der Waals surface area (Å²) in [4.78, 5) is 12.2. The van der Waals surface area contributed by atoms with Crippen molar-refractivity contribution in [2.45, 2.75) is 27.2 Å². The molecule has 120 valence electrons. The average Bonchev–Trinajstić information content (AvgIpc) is 2.56. The second kappa shape index (κ2) is 7.63. The molecule has 0 unspecified atom stereocenters.